The van der Waals surface area contributed by atoms with E-state index in [4.69, 9.17) is 5.73 Å². The predicted octanol–water partition coefficient (Wildman–Crippen LogP) is 1.95. The number of likely N-dealkylation sites (N-methyl/N-ethyl adjacent to an activating group) is 1. The van der Waals surface area contributed by atoms with Gasteiger partial charge >= 0.3 is 0 Å². The van der Waals surface area contributed by atoms with Gasteiger partial charge in [-0.15, -0.1) is 0 Å². The minimum atomic E-state index is -0.909. The van der Waals surface area contributed by atoms with Crippen LogP contribution in [0.2, 0.25) is 0 Å². The summed E-state index contributed by atoms with van der Waals surface area (Å²) >= 11 is 0. The number of hydrogen-bond acceptors (Lipinski definition) is 3. The minimum absolute atomic E-state index is 0.580. The van der Waals surface area contributed by atoms with E-state index in [-0.39, 0.29) is 0 Å². The Morgan fingerprint density at radius 2 is 2.06 bits per heavy atom. The van der Waals surface area contributed by atoms with Gasteiger partial charge in [-0.1, -0.05) is 37.3 Å². The van der Waals surface area contributed by atoms with Gasteiger partial charge < -0.3 is 10.6 Å². The molecule has 2 N–H and O–H groups in total. The van der Waals surface area contributed by atoms with Crippen LogP contribution in [-0.4, -0.2) is 25.0 Å². The molecule has 0 aromatic heterocycles. The van der Waals surface area contributed by atoms with E-state index in [9.17, 15) is 5.26 Å². The summed E-state index contributed by atoms with van der Waals surface area (Å²) < 4.78 is 0. The largest absolute Gasteiger partial charge is 0.309 e. The van der Waals surface area contributed by atoms with Gasteiger partial charge in [-0.25, -0.2) is 0 Å². The molecule has 96 valence electrons. The highest BCUT2D eigenvalue weighted by atomic mass is 15.1. The van der Waals surface area contributed by atoms with E-state index in [0.29, 0.717) is 6.54 Å². The summed E-state index contributed by atoms with van der Waals surface area (Å²) in [5.74, 6) is 1.62. The van der Waals surface area contributed by atoms with Crippen LogP contribution in [0.1, 0.15) is 18.9 Å². The highest BCUT2D eigenvalue weighted by Crippen LogP contribution is 2.38. The first-order valence-electron chi connectivity index (χ1n) is 6.49. The fraction of sp³-hybridized carbons (Fsp3) is 0.533. The number of nitrogens with two attached hydrogens (primary N) is 1. The van der Waals surface area contributed by atoms with Crippen molar-refractivity contribution in [2.75, 3.05) is 20.1 Å². The van der Waals surface area contributed by atoms with Gasteiger partial charge in [0.05, 0.1) is 6.07 Å². The van der Waals surface area contributed by atoms with Crippen molar-refractivity contribution < 1.29 is 0 Å². The van der Waals surface area contributed by atoms with Gasteiger partial charge in [0.2, 0.25) is 0 Å². The highest BCUT2D eigenvalue weighted by Gasteiger charge is 2.35. The van der Waals surface area contributed by atoms with Crippen LogP contribution in [0.4, 0.5) is 0 Å². The molecule has 1 aromatic rings. The Morgan fingerprint density at radius 3 is 2.56 bits per heavy atom. The lowest BCUT2D eigenvalue weighted by atomic mass is 9.92. The predicted molar refractivity (Wildman–Crippen MR) is 72.7 cm³/mol. The zero-order valence-electron chi connectivity index (χ0n) is 11.1. The van der Waals surface area contributed by atoms with Crippen molar-refractivity contribution in [2.24, 2.45) is 17.6 Å². The standard InChI is InChI=1S/C15H21N3/c1-12-8-13(12)9-18(2)11-15(17,10-16)14-6-4-3-5-7-14/h3-7,12-13H,8-9,11,17H2,1-2H3. The third-order valence-electron chi connectivity index (χ3n) is 3.83. The van der Waals surface area contributed by atoms with Crippen molar-refractivity contribution in [3.63, 3.8) is 0 Å². The highest BCUT2D eigenvalue weighted by molar-refractivity contribution is 5.31. The van der Waals surface area contributed by atoms with Gasteiger partial charge in [-0.2, -0.15) is 5.26 Å². The molecule has 1 aromatic carbocycles. The summed E-state index contributed by atoms with van der Waals surface area (Å²) in [4.78, 5) is 2.18. The van der Waals surface area contributed by atoms with Crippen LogP contribution in [0.3, 0.4) is 0 Å². The number of hydrogen-bond donors (Lipinski definition) is 1. The second-order valence-corrected chi connectivity index (χ2v) is 5.62. The van der Waals surface area contributed by atoms with E-state index in [1.165, 1.54) is 6.42 Å². The molecule has 1 fully saturated rings. The van der Waals surface area contributed by atoms with Crippen LogP contribution in [-0.2, 0) is 5.54 Å². The molecule has 1 aliphatic carbocycles. The van der Waals surface area contributed by atoms with Gasteiger partial charge in [0.1, 0.15) is 5.54 Å². The topological polar surface area (TPSA) is 53.0 Å². The van der Waals surface area contributed by atoms with Crippen molar-refractivity contribution in [1.82, 2.24) is 4.90 Å². The molecular formula is C15H21N3. The summed E-state index contributed by atoms with van der Waals surface area (Å²) in [5, 5.41) is 9.39. The maximum Gasteiger partial charge on any atom is 0.142 e. The Hall–Kier alpha value is -1.37. The maximum absolute atomic E-state index is 9.39. The first kappa shape index (κ1) is 13.1. The molecule has 0 saturated heterocycles. The summed E-state index contributed by atoms with van der Waals surface area (Å²) in [6.45, 7) is 3.89. The molecule has 3 unspecified atom stereocenters. The lowest BCUT2D eigenvalue weighted by Crippen LogP contribution is -2.46. The first-order valence-corrected chi connectivity index (χ1v) is 6.49. The van der Waals surface area contributed by atoms with E-state index >= 15 is 0 Å². The Bertz CT molecular complexity index is 437. The molecular weight excluding hydrogens is 222 g/mol. The van der Waals surface area contributed by atoms with Crippen molar-refractivity contribution in [3.05, 3.63) is 35.9 Å². The van der Waals surface area contributed by atoms with Crippen LogP contribution in [0, 0.1) is 23.2 Å². The molecule has 18 heavy (non-hydrogen) atoms. The van der Waals surface area contributed by atoms with Crippen LogP contribution in [0.5, 0.6) is 0 Å². The maximum atomic E-state index is 9.39. The van der Waals surface area contributed by atoms with E-state index in [1.807, 2.05) is 37.4 Å². The molecule has 3 heteroatoms. The molecule has 0 amide bonds. The number of benzene rings is 1. The normalized spacial score (nSPS) is 25.5. The molecule has 0 bridgehead atoms. The zero-order valence-corrected chi connectivity index (χ0v) is 11.1. The van der Waals surface area contributed by atoms with E-state index in [0.717, 1.165) is 23.9 Å². The van der Waals surface area contributed by atoms with Gasteiger partial charge in [-0.05, 0) is 30.9 Å². The van der Waals surface area contributed by atoms with Crippen LogP contribution < -0.4 is 5.73 Å². The molecule has 3 atom stereocenters. The van der Waals surface area contributed by atoms with Gasteiger partial charge in [0.25, 0.3) is 0 Å². The Balaban J connectivity index is 2.02. The van der Waals surface area contributed by atoms with Gasteiger partial charge in [-0.3, -0.25) is 0 Å². The van der Waals surface area contributed by atoms with E-state index in [2.05, 4.69) is 17.9 Å². The molecule has 2 rings (SSSR count). The molecule has 3 nitrogen and oxygen atoms in total. The van der Waals surface area contributed by atoms with E-state index < -0.39 is 5.54 Å². The van der Waals surface area contributed by atoms with Crippen LogP contribution >= 0.6 is 0 Å². The van der Waals surface area contributed by atoms with Crippen molar-refractivity contribution in [3.8, 4) is 6.07 Å². The summed E-state index contributed by atoms with van der Waals surface area (Å²) in [6.07, 6.45) is 1.31. The molecule has 0 heterocycles. The fourth-order valence-corrected chi connectivity index (χ4v) is 2.47. The van der Waals surface area contributed by atoms with E-state index in [1.54, 1.807) is 0 Å². The molecule has 0 radical (unpaired) electrons. The van der Waals surface area contributed by atoms with Crippen molar-refractivity contribution >= 4 is 0 Å². The average molecular weight is 243 g/mol. The van der Waals surface area contributed by atoms with Gasteiger partial charge in [0, 0.05) is 13.1 Å². The minimum Gasteiger partial charge on any atom is -0.309 e. The number of nitrogens with zero attached hydrogens (tertiary/aromatic N) is 2. The SMILES string of the molecule is CC1CC1CN(C)CC(N)(C#N)c1ccccc1. The second kappa shape index (κ2) is 5.09. The third-order valence-corrected chi connectivity index (χ3v) is 3.83. The molecule has 1 aliphatic rings. The Kier molecular flexibility index (Phi) is 3.70. The zero-order chi connectivity index (χ0) is 13.2. The van der Waals surface area contributed by atoms with Crippen LogP contribution in [0.15, 0.2) is 30.3 Å². The van der Waals surface area contributed by atoms with Crippen molar-refractivity contribution in [1.29, 1.82) is 5.26 Å². The Morgan fingerprint density at radius 1 is 1.44 bits per heavy atom. The van der Waals surface area contributed by atoms with Crippen LogP contribution in [0.25, 0.3) is 0 Å². The average Bonchev–Trinajstić information content (AvgIpc) is 3.05. The fourth-order valence-electron chi connectivity index (χ4n) is 2.47. The molecule has 0 spiro atoms. The first-order chi connectivity index (χ1) is 8.55. The summed E-state index contributed by atoms with van der Waals surface area (Å²) in [7, 11) is 2.05. The quantitative estimate of drug-likeness (QED) is 0.860. The lowest BCUT2D eigenvalue weighted by molar-refractivity contribution is 0.268. The number of nitriles is 1. The Labute approximate surface area is 109 Å². The second-order valence-electron chi connectivity index (χ2n) is 5.62. The smallest absolute Gasteiger partial charge is 0.142 e. The summed E-state index contributed by atoms with van der Waals surface area (Å²) in [6, 6.07) is 11.9. The molecule has 0 aliphatic heterocycles. The third kappa shape index (κ3) is 2.90. The molecule has 1 saturated carbocycles. The number of rotatable bonds is 5. The lowest BCUT2D eigenvalue weighted by Gasteiger charge is -2.28. The summed E-state index contributed by atoms with van der Waals surface area (Å²) in [5.41, 5.74) is 6.23. The van der Waals surface area contributed by atoms with Gasteiger partial charge in [0.15, 0.2) is 0 Å². The van der Waals surface area contributed by atoms with Crippen molar-refractivity contribution in [2.45, 2.75) is 18.9 Å². The monoisotopic (exact) mass is 243 g/mol.